The highest BCUT2D eigenvalue weighted by molar-refractivity contribution is 6.03. The highest BCUT2D eigenvalue weighted by atomic mass is 16.1. The Morgan fingerprint density at radius 3 is 2.69 bits per heavy atom. The summed E-state index contributed by atoms with van der Waals surface area (Å²) in [5.41, 5.74) is 3.43. The Morgan fingerprint density at radius 1 is 1.21 bits per heavy atom. The third-order valence-electron chi connectivity index (χ3n) is 5.82. The van der Waals surface area contributed by atoms with Crippen molar-refractivity contribution in [2.75, 3.05) is 34.8 Å². The van der Waals surface area contributed by atoms with Gasteiger partial charge >= 0.3 is 0 Å². The molecule has 1 fully saturated rings. The summed E-state index contributed by atoms with van der Waals surface area (Å²) < 4.78 is 0. The maximum absolute atomic E-state index is 12.9. The van der Waals surface area contributed by atoms with E-state index in [2.05, 4.69) is 58.0 Å². The SMILES string of the molecule is CCC1CCCCN1c1nccc(C(=O)Nc2ccc(N(CC)CC)cc2C)n1. The fourth-order valence-corrected chi connectivity index (χ4v) is 4.06. The Bertz CT molecular complexity index is 834. The van der Waals surface area contributed by atoms with Crippen LogP contribution in [0.25, 0.3) is 0 Å². The zero-order chi connectivity index (χ0) is 20.8. The first kappa shape index (κ1) is 21.1. The van der Waals surface area contributed by atoms with Gasteiger partial charge in [-0.05, 0) is 76.3 Å². The molecule has 6 heteroatoms. The molecule has 1 N–H and O–H groups in total. The number of hydrogen-bond donors (Lipinski definition) is 1. The largest absolute Gasteiger partial charge is 0.372 e. The van der Waals surface area contributed by atoms with Gasteiger partial charge in [0.1, 0.15) is 5.69 Å². The Labute approximate surface area is 174 Å². The standard InChI is InChI=1S/C23H33N5O/c1-5-18-10-8-9-15-28(18)23-24-14-13-21(26-23)22(29)25-20-12-11-19(16-17(20)4)27(6-2)7-3/h11-14,16,18H,5-10,15H2,1-4H3,(H,25,29). The van der Waals surface area contributed by atoms with Crippen molar-refractivity contribution >= 4 is 23.2 Å². The molecular formula is C23H33N5O. The second-order valence-corrected chi connectivity index (χ2v) is 7.62. The number of nitrogens with one attached hydrogen (secondary N) is 1. The number of aryl methyl sites for hydroxylation is 1. The van der Waals surface area contributed by atoms with Gasteiger partial charge in [-0.25, -0.2) is 9.97 Å². The van der Waals surface area contributed by atoms with Crippen molar-refractivity contribution in [3.8, 4) is 0 Å². The zero-order valence-electron chi connectivity index (χ0n) is 18.1. The first-order valence-corrected chi connectivity index (χ1v) is 10.8. The van der Waals surface area contributed by atoms with Crippen LogP contribution in [-0.4, -0.2) is 41.6 Å². The number of hydrogen-bond acceptors (Lipinski definition) is 5. The smallest absolute Gasteiger partial charge is 0.274 e. The van der Waals surface area contributed by atoms with E-state index in [9.17, 15) is 4.79 Å². The molecule has 1 aliphatic heterocycles. The molecule has 0 bridgehead atoms. The average Bonchev–Trinajstić information content (AvgIpc) is 2.76. The van der Waals surface area contributed by atoms with Crippen LogP contribution in [0.2, 0.25) is 0 Å². The molecule has 1 aliphatic rings. The van der Waals surface area contributed by atoms with Gasteiger partial charge in [-0.2, -0.15) is 0 Å². The molecule has 3 rings (SSSR count). The van der Waals surface area contributed by atoms with Crippen molar-refractivity contribution in [3.63, 3.8) is 0 Å². The zero-order valence-corrected chi connectivity index (χ0v) is 18.1. The summed E-state index contributed by atoms with van der Waals surface area (Å²) in [5, 5.41) is 3.02. The molecule has 0 spiro atoms. The van der Waals surface area contributed by atoms with Crippen LogP contribution in [0.4, 0.5) is 17.3 Å². The number of amides is 1. The second-order valence-electron chi connectivity index (χ2n) is 7.62. The van der Waals surface area contributed by atoms with E-state index in [-0.39, 0.29) is 5.91 Å². The molecule has 1 aromatic heterocycles. The minimum Gasteiger partial charge on any atom is -0.372 e. The van der Waals surface area contributed by atoms with Crippen LogP contribution in [-0.2, 0) is 0 Å². The summed E-state index contributed by atoms with van der Waals surface area (Å²) in [4.78, 5) is 26.4. The fourth-order valence-electron chi connectivity index (χ4n) is 4.06. The average molecular weight is 396 g/mol. The lowest BCUT2D eigenvalue weighted by atomic mass is 10.0. The van der Waals surface area contributed by atoms with Crippen molar-refractivity contribution in [3.05, 3.63) is 41.7 Å². The summed E-state index contributed by atoms with van der Waals surface area (Å²) >= 11 is 0. The quantitative estimate of drug-likeness (QED) is 0.739. The molecule has 2 heterocycles. The summed E-state index contributed by atoms with van der Waals surface area (Å²) in [6.45, 7) is 11.4. The van der Waals surface area contributed by atoms with Gasteiger partial charge in [0, 0.05) is 43.2 Å². The van der Waals surface area contributed by atoms with Crippen LogP contribution in [0.15, 0.2) is 30.5 Å². The second kappa shape index (κ2) is 9.72. The predicted octanol–water partition coefficient (Wildman–Crippen LogP) is 4.65. The van der Waals surface area contributed by atoms with E-state index in [0.29, 0.717) is 17.7 Å². The first-order chi connectivity index (χ1) is 14.1. The molecule has 0 aliphatic carbocycles. The third-order valence-corrected chi connectivity index (χ3v) is 5.82. The van der Waals surface area contributed by atoms with Gasteiger partial charge < -0.3 is 15.1 Å². The van der Waals surface area contributed by atoms with Gasteiger partial charge in [-0.3, -0.25) is 4.79 Å². The molecule has 6 nitrogen and oxygen atoms in total. The minimum atomic E-state index is -0.197. The van der Waals surface area contributed by atoms with Crippen LogP contribution in [0.3, 0.4) is 0 Å². The number of anilines is 3. The molecule has 1 atom stereocenters. The van der Waals surface area contributed by atoms with E-state index in [1.54, 1.807) is 12.3 Å². The minimum absolute atomic E-state index is 0.197. The Balaban J connectivity index is 1.76. The number of nitrogens with zero attached hydrogens (tertiary/aromatic N) is 4. The number of benzene rings is 1. The lowest BCUT2D eigenvalue weighted by Crippen LogP contribution is -2.40. The van der Waals surface area contributed by atoms with Gasteiger partial charge in [0.15, 0.2) is 0 Å². The first-order valence-electron chi connectivity index (χ1n) is 10.8. The summed E-state index contributed by atoms with van der Waals surface area (Å²) in [7, 11) is 0. The van der Waals surface area contributed by atoms with E-state index in [0.717, 1.165) is 50.1 Å². The highest BCUT2D eigenvalue weighted by Gasteiger charge is 2.24. The maximum Gasteiger partial charge on any atom is 0.274 e. The van der Waals surface area contributed by atoms with Gasteiger partial charge in [0.25, 0.3) is 5.91 Å². The molecule has 156 valence electrons. The fraction of sp³-hybridized carbons (Fsp3) is 0.522. The molecule has 1 saturated heterocycles. The maximum atomic E-state index is 12.9. The molecule has 2 aromatic rings. The molecular weight excluding hydrogens is 362 g/mol. The van der Waals surface area contributed by atoms with Crippen LogP contribution in [0.1, 0.15) is 62.5 Å². The number of aromatic nitrogens is 2. The number of rotatable bonds is 7. The number of piperidine rings is 1. The van der Waals surface area contributed by atoms with Gasteiger partial charge in [0.05, 0.1) is 0 Å². The normalized spacial score (nSPS) is 16.6. The Hall–Kier alpha value is -2.63. The van der Waals surface area contributed by atoms with Crippen molar-refractivity contribution in [2.24, 2.45) is 0 Å². The lowest BCUT2D eigenvalue weighted by molar-refractivity contribution is 0.102. The molecule has 29 heavy (non-hydrogen) atoms. The van der Waals surface area contributed by atoms with Crippen LogP contribution < -0.4 is 15.1 Å². The van der Waals surface area contributed by atoms with Crippen LogP contribution >= 0.6 is 0 Å². The third kappa shape index (κ3) is 4.86. The Morgan fingerprint density at radius 2 is 2.00 bits per heavy atom. The number of carbonyl (C=O) groups excluding carboxylic acids is 1. The van der Waals surface area contributed by atoms with E-state index in [1.807, 2.05) is 13.0 Å². The van der Waals surface area contributed by atoms with E-state index in [4.69, 9.17) is 0 Å². The van der Waals surface area contributed by atoms with Crippen LogP contribution in [0, 0.1) is 6.92 Å². The molecule has 0 saturated carbocycles. The number of carbonyl (C=O) groups is 1. The summed E-state index contributed by atoms with van der Waals surface area (Å²) in [5.74, 6) is 0.468. The molecule has 0 radical (unpaired) electrons. The van der Waals surface area contributed by atoms with Gasteiger partial charge in [-0.1, -0.05) is 6.92 Å². The van der Waals surface area contributed by atoms with Gasteiger partial charge in [-0.15, -0.1) is 0 Å². The lowest BCUT2D eigenvalue weighted by Gasteiger charge is -2.35. The van der Waals surface area contributed by atoms with E-state index in [1.165, 1.54) is 12.1 Å². The van der Waals surface area contributed by atoms with Crippen molar-refractivity contribution < 1.29 is 4.79 Å². The van der Waals surface area contributed by atoms with Gasteiger partial charge in [0.2, 0.25) is 5.95 Å². The summed E-state index contributed by atoms with van der Waals surface area (Å²) in [6, 6.07) is 8.29. The van der Waals surface area contributed by atoms with Crippen LogP contribution in [0.5, 0.6) is 0 Å². The van der Waals surface area contributed by atoms with Crippen molar-refractivity contribution in [2.45, 2.75) is 59.4 Å². The van der Waals surface area contributed by atoms with E-state index >= 15 is 0 Å². The van der Waals surface area contributed by atoms with Crippen molar-refractivity contribution in [1.82, 2.24) is 9.97 Å². The molecule has 1 amide bonds. The Kier molecular flexibility index (Phi) is 7.07. The van der Waals surface area contributed by atoms with E-state index < -0.39 is 0 Å². The monoisotopic (exact) mass is 395 g/mol. The molecule has 1 aromatic carbocycles. The summed E-state index contributed by atoms with van der Waals surface area (Å²) in [6.07, 6.45) is 6.31. The predicted molar refractivity (Wildman–Crippen MR) is 120 cm³/mol. The topological polar surface area (TPSA) is 61.4 Å². The van der Waals surface area contributed by atoms with Crippen molar-refractivity contribution in [1.29, 1.82) is 0 Å². The molecule has 1 unspecified atom stereocenters. The highest BCUT2D eigenvalue weighted by Crippen LogP contribution is 2.25.